The van der Waals surface area contributed by atoms with Gasteiger partial charge < -0.3 is 9.47 Å². The van der Waals surface area contributed by atoms with Gasteiger partial charge in [0.2, 0.25) is 0 Å². The van der Waals surface area contributed by atoms with Crippen LogP contribution in [0.5, 0.6) is 0 Å². The number of ether oxygens (including phenoxy) is 2. The molecule has 0 heterocycles. The molecule has 0 aliphatic heterocycles. The molecular formula is C30H52O5S. The van der Waals surface area contributed by atoms with Crippen LogP contribution in [0.4, 0.5) is 0 Å². The third kappa shape index (κ3) is 9.41. The number of benzene rings is 1. The quantitative estimate of drug-likeness (QED) is 0.181. The third-order valence-electron chi connectivity index (χ3n) is 7.36. The Labute approximate surface area is 221 Å². The van der Waals surface area contributed by atoms with E-state index in [1.165, 1.54) is 32.1 Å². The summed E-state index contributed by atoms with van der Waals surface area (Å²) in [6.45, 7) is 19.0. The van der Waals surface area contributed by atoms with Gasteiger partial charge >= 0.3 is 0 Å². The van der Waals surface area contributed by atoms with Crippen LogP contribution in [0.1, 0.15) is 142 Å². The van der Waals surface area contributed by atoms with E-state index in [-0.39, 0.29) is 24.7 Å². The van der Waals surface area contributed by atoms with Crippen molar-refractivity contribution < 1.29 is 22.1 Å². The zero-order valence-electron chi connectivity index (χ0n) is 24.4. The Balaban J connectivity index is 2.01. The molecule has 1 saturated carbocycles. The van der Waals surface area contributed by atoms with Gasteiger partial charge in [-0.05, 0) is 67.6 Å². The molecule has 1 aromatic carbocycles. The lowest BCUT2D eigenvalue weighted by Crippen LogP contribution is -2.32. The summed E-state index contributed by atoms with van der Waals surface area (Å²) in [6, 6.07) is 4.08. The van der Waals surface area contributed by atoms with Gasteiger partial charge in [-0.15, -0.1) is 0 Å². The fourth-order valence-electron chi connectivity index (χ4n) is 5.05. The average Bonchev–Trinajstić information content (AvgIpc) is 2.78. The van der Waals surface area contributed by atoms with E-state index in [0.717, 1.165) is 29.0 Å². The first-order chi connectivity index (χ1) is 16.7. The van der Waals surface area contributed by atoms with E-state index in [2.05, 4.69) is 13.8 Å². The van der Waals surface area contributed by atoms with Crippen molar-refractivity contribution in [2.24, 2.45) is 5.92 Å². The molecule has 0 aromatic heterocycles. The summed E-state index contributed by atoms with van der Waals surface area (Å²) in [4.78, 5) is 0.343. The molecular weight excluding hydrogens is 472 g/mol. The van der Waals surface area contributed by atoms with Crippen molar-refractivity contribution in [1.82, 2.24) is 0 Å². The summed E-state index contributed by atoms with van der Waals surface area (Å²) in [6.07, 6.45) is 7.85. The third-order valence-corrected chi connectivity index (χ3v) is 8.81. The summed E-state index contributed by atoms with van der Waals surface area (Å²) < 4.78 is 44.6. The van der Waals surface area contributed by atoms with Gasteiger partial charge in [-0.1, -0.05) is 85.8 Å². The molecule has 0 saturated heterocycles. The molecule has 1 aromatic rings. The van der Waals surface area contributed by atoms with E-state index < -0.39 is 15.7 Å². The number of rotatable bonds is 14. The lowest BCUT2D eigenvalue weighted by atomic mass is 9.87. The Kier molecular flexibility index (Phi) is 11.9. The second-order valence-corrected chi connectivity index (χ2v) is 13.7. The maximum atomic E-state index is 13.5. The van der Waals surface area contributed by atoms with Crippen molar-refractivity contribution in [3.63, 3.8) is 0 Å². The van der Waals surface area contributed by atoms with Gasteiger partial charge in [0, 0.05) is 13.0 Å². The Morgan fingerprint density at radius 2 is 1.42 bits per heavy atom. The molecule has 0 radical (unpaired) electrons. The standard InChI is InChI=1S/C30H52O5S/c1-21(2)26-19-27(22(3)4)29(28(20-26)23(5)6)36(31,32)34-18-16-30(8,9)35-24(7)33-17-15-25-13-11-10-12-14-25/h19-25H,10-18H2,1-9H3. The van der Waals surface area contributed by atoms with Gasteiger partial charge in [-0.2, -0.15) is 8.42 Å². The summed E-state index contributed by atoms with van der Waals surface area (Å²) in [5.74, 6) is 1.24. The highest BCUT2D eigenvalue weighted by Gasteiger charge is 2.29. The van der Waals surface area contributed by atoms with Gasteiger partial charge in [0.1, 0.15) is 4.90 Å². The zero-order valence-corrected chi connectivity index (χ0v) is 25.2. The highest BCUT2D eigenvalue weighted by atomic mass is 32.2. The molecule has 0 amide bonds. The van der Waals surface area contributed by atoms with Crippen molar-refractivity contribution in [1.29, 1.82) is 0 Å². The summed E-state index contributed by atoms with van der Waals surface area (Å²) in [5, 5.41) is 0. The first-order valence-electron chi connectivity index (χ1n) is 14.1. The smallest absolute Gasteiger partial charge is 0.297 e. The van der Waals surface area contributed by atoms with Gasteiger partial charge in [-0.25, -0.2) is 0 Å². The van der Waals surface area contributed by atoms with Crippen LogP contribution >= 0.6 is 0 Å². The molecule has 0 spiro atoms. The number of hydrogen-bond acceptors (Lipinski definition) is 5. The zero-order chi connectivity index (χ0) is 27.1. The van der Waals surface area contributed by atoms with Crippen LogP contribution in [0.25, 0.3) is 0 Å². The average molecular weight is 525 g/mol. The minimum atomic E-state index is -3.92. The topological polar surface area (TPSA) is 61.8 Å². The van der Waals surface area contributed by atoms with E-state index in [1.54, 1.807) is 0 Å². The monoisotopic (exact) mass is 524 g/mol. The van der Waals surface area contributed by atoms with E-state index in [1.807, 2.05) is 60.6 Å². The predicted molar refractivity (Wildman–Crippen MR) is 148 cm³/mol. The van der Waals surface area contributed by atoms with Gasteiger partial charge in [-0.3, -0.25) is 4.18 Å². The van der Waals surface area contributed by atoms with E-state index >= 15 is 0 Å². The minimum absolute atomic E-state index is 0.0606. The SMILES string of the molecule is CC(OCCC1CCCCC1)OC(C)(C)CCOS(=O)(=O)c1c(C(C)C)cc(C(C)C)cc1C(C)C. The van der Waals surface area contributed by atoms with Gasteiger partial charge in [0.05, 0.1) is 12.2 Å². The van der Waals surface area contributed by atoms with E-state index in [9.17, 15) is 8.42 Å². The van der Waals surface area contributed by atoms with Crippen LogP contribution in [-0.4, -0.2) is 33.5 Å². The Morgan fingerprint density at radius 3 is 1.92 bits per heavy atom. The lowest BCUT2D eigenvalue weighted by molar-refractivity contribution is -0.195. The van der Waals surface area contributed by atoms with Crippen LogP contribution < -0.4 is 0 Å². The van der Waals surface area contributed by atoms with Crippen molar-refractivity contribution in [3.05, 3.63) is 28.8 Å². The van der Waals surface area contributed by atoms with Crippen LogP contribution in [0.2, 0.25) is 0 Å². The summed E-state index contributed by atoms with van der Waals surface area (Å²) in [7, 11) is -3.92. The maximum Gasteiger partial charge on any atom is 0.297 e. The van der Waals surface area contributed by atoms with Gasteiger partial charge in [0.25, 0.3) is 10.1 Å². The van der Waals surface area contributed by atoms with Crippen molar-refractivity contribution in [2.75, 3.05) is 13.2 Å². The molecule has 0 bridgehead atoms. The maximum absolute atomic E-state index is 13.5. The highest BCUT2D eigenvalue weighted by Crippen LogP contribution is 2.36. The van der Waals surface area contributed by atoms with Crippen LogP contribution in [0.3, 0.4) is 0 Å². The fourth-order valence-corrected chi connectivity index (χ4v) is 6.64. The molecule has 208 valence electrons. The second-order valence-electron chi connectivity index (χ2n) is 12.1. The molecule has 36 heavy (non-hydrogen) atoms. The Morgan fingerprint density at radius 1 is 0.861 bits per heavy atom. The minimum Gasteiger partial charge on any atom is -0.353 e. The Bertz CT molecular complexity index is 882. The second kappa shape index (κ2) is 13.7. The molecule has 1 aliphatic rings. The molecule has 5 nitrogen and oxygen atoms in total. The van der Waals surface area contributed by atoms with Crippen LogP contribution in [0, 0.1) is 5.92 Å². The largest absolute Gasteiger partial charge is 0.353 e. The van der Waals surface area contributed by atoms with Crippen molar-refractivity contribution in [3.8, 4) is 0 Å². The Hall–Kier alpha value is -0.950. The molecule has 1 atom stereocenters. The van der Waals surface area contributed by atoms with Crippen molar-refractivity contribution in [2.45, 2.75) is 142 Å². The first kappa shape index (κ1) is 31.3. The van der Waals surface area contributed by atoms with Gasteiger partial charge in [0.15, 0.2) is 6.29 Å². The van der Waals surface area contributed by atoms with Crippen LogP contribution in [-0.2, 0) is 23.8 Å². The summed E-state index contributed by atoms with van der Waals surface area (Å²) in [5.41, 5.74) is 2.26. The van der Waals surface area contributed by atoms with Crippen molar-refractivity contribution >= 4 is 10.1 Å². The molecule has 6 heteroatoms. The molecule has 1 unspecified atom stereocenters. The lowest BCUT2D eigenvalue weighted by Gasteiger charge is -2.30. The molecule has 2 rings (SSSR count). The summed E-state index contributed by atoms with van der Waals surface area (Å²) >= 11 is 0. The van der Waals surface area contributed by atoms with Crippen LogP contribution in [0.15, 0.2) is 17.0 Å². The molecule has 1 fully saturated rings. The first-order valence-corrected chi connectivity index (χ1v) is 15.5. The van der Waals surface area contributed by atoms with E-state index in [4.69, 9.17) is 13.7 Å². The number of hydrogen-bond donors (Lipinski definition) is 0. The van der Waals surface area contributed by atoms with E-state index in [0.29, 0.717) is 23.8 Å². The fraction of sp³-hybridized carbons (Fsp3) is 0.800. The highest BCUT2D eigenvalue weighted by molar-refractivity contribution is 7.86. The predicted octanol–water partition coefficient (Wildman–Crippen LogP) is 8.28. The normalized spacial score (nSPS) is 16.9. The molecule has 1 aliphatic carbocycles. The molecule has 0 N–H and O–H groups in total.